The minimum absolute atomic E-state index is 0.0627. The molecule has 13 nitrogen and oxygen atoms in total. The number of rotatable bonds is 14. The van der Waals surface area contributed by atoms with Crippen LogP contribution >= 0.6 is 0 Å². The lowest BCUT2D eigenvalue weighted by Crippen LogP contribution is -2.56. The van der Waals surface area contributed by atoms with E-state index in [0.29, 0.717) is 19.5 Å². The van der Waals surface area contributed by atoms with Crippen LogP contribution in [-0.4, -0.2) is 76.0 Å². The van der Waals surface area contributed by atoms with E-state index in [9.17, 15) is 19.2 Å². The predicted molar refractivity (Wildman–Crippen MR) is 167 cm³/mol. The van der Waals surface area contributed by atoms with Crippen LogP contribution in [-0.2, 0) is 43.6 Å². The van der Waals surface area contributed by atoms with Crippen LogP contribution in [0.1, 0.15) is 37.8 Å². The van der Waals surface area contributed by atoms with Crippen LogP contribution in [0.4, 0.5) is 5.82 Å². The Bertz CT molecular complexity index is 1450. The average Bonchev–Trinajstić information content (AvgIpc) is 3.69. The molecule has 0 aliphatic carbocycles. The normalized spacial score (nSPS) is 15.3. The van der Waals surface area contributed by atoms with Gasteiger partial charge in [-0.1, -0.05) is 42.5 Å². The second-order valence-electron chi connectivity index (χ2n) is 11.5. The van der Waals surface area contributed by atoms with Gasteiger partial charge in [-0.3, -0.25) is 19.2 Å². The maximum atomic E-state index is 13.2. The number of nitrogens with two attached hydrogens (primary N) is 1. The van der Waals surface area contributed by atoms with Crippen molar-refractivity contribution in [3.63, 3.8) is 0 Å². The zero-order valence-corrected chi connectivity index (χ0v) is 25.8. The fourth-order valence-electron chi connectivity index (χ4n) is 4.76. The highest BCUT2D eigenvalue weighted by Gasteiger charge is 2.34. The van der Waals surface area contributed by atoms with Crippen LogP contribution in [0.3, 0.4) is 0 Å². The molecule has 13 heteroatoms. The number of hydrogen-bond donors (Lipinski definition) is 4. The molecule has 2 aromatic carbocycles. The molecule has 2 heterocycles. The van der Waals surface area contributed by atoms with Crippen molar-refractivity contribution in [1.82, 2.24) is 25.1 Å². The van der Waals surface area contributed by atoms with Gasteiger partial charge in [-0.05, 0) is 49.9 Å². The van der Waals surface area contributed by atoms with Gasteiger partial charge in [-0.2, -0.15) is 0 Å². The summed E-state index contributed by atoms with van der Waals surface area (Å²) in [5, 5.41) is 8.24. The fourth-order valence-corrected chi connectivity index (χ4v) is 4.76. The van der Waals surface area contributed by atoms with E-state index < -0.39 is 29.4 Å². The van der Waals surface area contributed by atoms with Gasteiger partial charge in [0.1, 0.15) is 24.4 Å². The van der Waals surface area contributed by atoms with E-state index >= 15 is 0 Å². The lowest BCUT2D eigenvalue weighted by molar-refractivity contribution is -0.139. The van der Waals surface area contributed by atoms with Gasteiger partial charge in [0.05, 0.1) is 32.2 Å². The Kier molecular flexibility index (Phi) is 11.3. The number of ether oxygens (including phenoxy) is 2. The average molecular weight is 620 g/mol. The van der Waals surface area contributed by atoms with Crippen molar-refractivity contribution in [3.05, 3.63) is 78.2 Å². The maximum absolute atomic E-state index is 13.2. The largest absolute Gasteiger partial charge is 0.497 e. The van der Waals surface area contributed by atoms with E-state index in [1.807, 2.05) is 54.6 Å². The highest BCUT2D eigenvalue weighted by Crippen LogP contribution is 2.19. The number of nitrogens with zero attached hydrogens (tertiary/aromatic N) is 3. The first-order chi connectivity index (χ1) is 21.5. The first-order valence-corrected chi connectivity index (χ1v) is 14.8. The number of aromatic nitrogens is 2. The lowest BCUT2D eigenvalue weighted by Gasteiger charge is -2.24. The smallest absolute Gasteiger partial charge is 0.250 e. The Morgan fingerprint density at radius 3 is 2.49 bits per heavy atom. The second kappa shape index (κ2) is 15.3. The molecule has 0 spiro atoms. The molecule has 0 bridgehead atoms. The number of amides is 4. The predicted octanol–water partition coefficient (Wildman–Crippen LogP) is 1.58. The summed E-state index contributed by atoms with van der Waals surface area (Å²) in [5.41, 5.74) is 6.55. The number of methoxy groups -OCH3 is 1. The van der Waals surface area contributed by atoms with Crippen LogP contribution < -0.4 is 26.4 Å². The number of hydrogen-bond acceptors (Lipinski definition) is 8. The summed E-state index contributed by atoms with van der Waals surface area (Å²) in [5.74, 6) is -0.594. The molecular weight excluding hydrogens is 578 g/mol. The van der Waals surface area contributed by atoms with Gasteiger partial charge < -0.3 is 40.6 Å². The van der Waals surface area contributed by atoms with Gasteiger partial charge >= 0.3 is 0 Å². The first-order valence-electron chi connectivity index (χ1n) is 14.8. The van der Waals surface area contributed by atoms with E-state index in [2.05, 4.69) is 20.9 Å². The van der Waals surface area contributed by atoms with E-state index in [1.54, 1.807) is 12.0 Å². The molecule has 3 aromatic rings. The summed E-state index contributed by atoms with van der Waals surface area (Å²) < 4.78 is 12.4. The Balaban J connectivity index is 1.31. The molecule has 1 unspecified atom stereocenters. The van der Waals surface area contributed by atoms with Gasteiger partial charge in [0.25, 0.3) is 5.91 Å². The number of anilines is 1. The van der Waals surface area contributed by atoms with Crippen molar-refractivity contribution >= 4 is 29.4 Å². The molecular formula is C32H41N7O6. The first kappa shape index (κ1) is 33.1. The summed E-state index contributed by atoms with van der Waals surface area (Å²) in [7, 11) is 1.59. The molecule has 5 N–H and O–H groups in total. The molecule has 240 valence electrons. The lowest BCUT2D eigenvalue weighted by atomic mass is 10.1. The maximum Gasteiger partial charge on any atom is 0.250 e. The van der Waals surface area contributed by atoms with Gasteiger partial charge in [-0.15, -0.1) is 0 Å². The molecule has 4 rings (SSSR count). The van der Waals surface area contributed by atoms with Crippen LogP contribution in [0, 0.1) is 0 Å². The van der Waals surface area contributed by atoms with Gasteiger partial charge in [0.2, 0.25) is 17.7 Å². The SMILES string of the molecule is COc1ccc(CNC(=O)C2CCCN2C(=O)Cn2cnc(NC(=O)[C@@H](COCc3ccccc3)NC(=O)C(C)(C)N)c2)cc1. The molecule has 45 heavy (non-hydrogen) atoms. The van der Waals surface area contributed by atoms with Crippen molar-refractivity contribution in [3.8, 4) is 5.75 Å². The topological polar surface area (TPSA) is 170 Å². The molecule has 2 atom stereocenters. The third kappa shape index (κ3) is 9.62. The van der Waals surface area contributed by atoms with Crippen LogP contribution in [0.15, 0.2) is 67.1 Å². The summed E-state index contributed by atoms with van der Waals surface area (Å²) in [6.45, 7) is 3.98. The summed E-state index contributed by atoms with van der Waals surface area (Å²) in [6, 6.07) is 15.2. The highest BCUT2D eigenvalue weighted by atomic mass is 16.5. The molecule has 0 radical (unpaired) electrons. The van der Waals surface area contributed by atoms with Crippen LogP contribution in [0.2, 0.25) is 0 Å². The minimum Gasteiger partial charge on any atom is -0.497 e. The molecule has 1 saturated heterocycles. The third-order valence-corrected chi connectivity index (χ3v) is 7.31. The Morgan fingerprint density at radius 1 is 1.07 bits per heavy atom. The van der Waals surface area contributed by atoms with Gasteiger partial charge in [-0.25, -0.2) is 4.98 Å². The van der Waals surface area contributed by atoms with E-state index in [4.69, 9.17) is 15.2 Å². The number of carbonyl (C=O) groups is 4. The molecule has 1 aliphatic rings. The van der Waals surface area contributed by atoms with Gasteiger partial charge in [0.15, 0.2) is 5.82 Å². The zero-order chi connectivity index (χ0) is 32.4. The molecule has 4 amide bonds. The molecule has 1 aromatic heterocycles. The van der Waals surface area contributed by atoms with Crippen molar-refractivity contribution < 1.29 is 28.7 Å². The Labute approximate surface area is 262 Å². The number of nitrogens with one attached hydrogen (secondary N) is 3. The van der Waals surface area contributed by atoms with Crippen LogP contribution in [0.5, 0.6) is 5.75 Å². The highest BCUT2D eigenvalue weighted by molar-refractivity contribution is 5.98. The van der Waals surface area contributed by atoms with Gasteiger partial charge in [0, 0.05) is 19.3 Å². The van der Waals surface area contributed by atoms with Crippen molar-refractivity contribution in [2.45, 2.75) is 64.0 Å². The quantitative estimate of drug-likeness (QED) is 0.211. The number of carbonyl (C=O) groups excluding carboxylic acids is 4. The van der Waals surface area contributed by atoms with E-state index in [0.717, 1.165) is 23.3 Å². The summed E-state index contributed by atoms with van der Waals surface area (Å²) >= 11 is 0. The number of likely N-dealkylation sites (tertiary alicyclic amines) is 1. The summed E-state index contributed by atoms with van der Waals surface area (Å²) in [6.07, 6.45) is 4.23. The monoisotopic (exact) mass is 619 g/mol. The number of imidazole rings is 1. The van der Waals surface area contributed by atoms with E-state index in [-0.39, 0.29) is 37.4 Å². The zero-order valence-electron chi connectivity index (χ0n) is 25.8. The molecule has 1 fully saturated rings. The number of benzene rings is 2. The van der Waals surface area contributed by atoms with E-state index in [1.165, 1.54) is 30.9 Å². The summed E-state index contributed by atoms with van der Waals surface area (Å²) in [4.78, 5) is 57.6. The van der Waals surface area contributed by atoms with Crippen molar-refractivity contribution in [2.24, 2.45) is 5.73 Å². The Hall–Kier alpha value is -4.75. The fraction of sp³-hybridized carbons (Fsp3) is 0.406. The van der Waals surface area contributed by atoms with Crippen molar-refractivity contribution in [2.75, 3.05) is 25.6 Å². The van der Waals surface area contributed by atoms with Crippen molar-refractivity contribution in [1.29, 1.82) is 0 Å². The van der Waals surface area contributed by atoms with Crippen LogP contribution in [0.25, 0.3) is 0 Å². The standard InChI is InChI=1S/C32H41N7O6/c1-32(2,33)31(43)36-25(20-45-19-23-8-5-4-6-9-23)29(41)37-27-17-38(21-35-27)18-28(40)39-15-7-10-26(39)30(42)34-16-22-11-13-24(44-3)14-12-22/h4-6,8-9,11-14,17,21,25-26H,7,10,15-16,18-20,33H2,1-3H3,(H,34,42)(H,36,43)(H,37,41)/t25-,26?/m1/s1. The third-order valence-electron chi connectivity index (χ3n) is 7.31. The molecule has 0 saturated carbocycles. The molecule has 1 aliphatic heterocycles. The minimum atomic E-state index is -1.21. The second-order valence-corrected chi connectivity index (χ2v) is 11.5. The Morgan fingerprint density at radius 2 is 1.80 bits per heavy atom.